The van der Waals surface area contributed by atoms with E-state index in [0.717, 1.165) is 23.2 Å². The minimum absolute atomic E-state index is 0.00313. The van der Waals surface area contributed by atoms with Crippen molar-refractivity contribution in [2.45, 2.75) is 19.3 Å². The van der Waals surface area contributed by atoms with Gasteiger partial charge in [-0.15, -0.1) is 0 Å². The SMILES string of the molecule is O=C(COc1ccc2c(c1)NC(=O)CC2)NCCc1ccc(O)cc1. The van der Waals surface area contributed by atoms with E-state index in [-0.39, 0.29) is 24.2 Å². The van der Waals surface area contributed by atoms with Crippen LogP contribution in [-0.4, -0.2) is 30.1 Å². The van der Waals surface area contributed by atoms with Gasteiger partial charge in [-0.2, -0.15) is 0 Å². The lowest BCUT2D eigenvalue weighted by Crippen LogP contribution is -2.30. The summed E-state index contributed by atoms with van der Waals surface area (Å²) in [5, 5.41) is 14.8. The number of nitrogens with one attached hydrogen (secondary N) is 2. The maximum atomic E-state index is 11.9. The number of phenols is 1. The molecule has 0 radical (unpaired) electrons. The summed E-state index contributed by atoms with van der Waals surface area (Å²) in [6.45, 7) is 0.412. The molecule has 0 aliphatic carbocycles. The Morgan fingerprint density at radius 1 is 1.16 bits per heavy atom. The molecule has 2 amide bonds. The van der Waals surface area contributed by atoms with Crippen LogP contribution in [-0.2, 0) is 22.4 Å². The Bertz CT molecular complexity index is 771. The quantitative estimate of drug-likeness (QED) is 0.751. The van der Waals surface area contributed by atoms with Gasteiger partial charge in [0.15, 0.2) is 6.61 Å². The van der Waals surface area contributed by atoms with Gasteiger partial charge in [-0.3, -0.25) is 9.59 Å². The van der Waals surface area contributed by atoms with Gasteiger partial charge >= 0.3 is 0 Å². The number of hydrogen-bond acceptors (Lipinski definition) is 4. The molecule has 0 bridgehead atoms. The maximum Gasteiger partial charge on any atom is 0.257 e. The number of anilines is 1. The highest BCUT2D eigenvalue weighted by Crippen LogP contribution is 2.27. The van der Waals surface area contributed by atoms with Gasteiger partial charge in [0.1, 0.15) is 11.5 Å². The van der Waals surface area contributed by atoms with E-state index in [1.807, 2.05) is 18.2 Å². The van der Waals surface area contributed by atoms with E-state index in [4.69, 9.17) is 4.74 Å². The standard InChI is InChI=1S/C19H20N2O4/c22-15-5-1-13(2-6-15)9-10-20-19(24)12-25-16-7-3-14-4-8-18(23)21-17(14)11-16/h1-3,5-7,11,22H,4,8-10,12H2,(H,20,24)(H,21,23). The van der Waals surface area contributed by atoms with Crippen LogP contribution in [0, 0.1) is 0 Å². The number of carbonyl (C=O) groups is 2. The van der Waals surface area contributed by atoms with Crippen molar-refractivity contribution in [1.29, 1.82) is 0 Å². The van der Waals surface area contributed by atoms with Crippen LogP contribution < -0.4 is 15.4 Å². The summed E-state index contributed by atoms with van der Waals surface area (Å²) in [5.41, 5.74) is 2.86. The van der Waals surface area contributed by atoms with Crippen molar-refractivity contribution in [2.24, 2.45) is 0 Å². The lowest BCUT2D eigenvalue weighted by molar-refractivity contribution is -0.123. The molecule has 2 aromatic rings. The molecule has 1 aliphatic heterocycles. The molecule has 0 spiro atoms. The third-order valence-corrected chi connectivity index (χ3v) is 4.02. The Morgan fingerprint density at radius 3 is 2.76 bits per heavy atom. The second-order valence-electron chi connectivity index (χ2n) is 5.92. The Labute approximate surface area is 145 Å². The van der Waals surface area contributed by atoms with Crippen LogP contribution in [0.4, 0.5) is 5.69 Å². The zero-order chi connectivity index (χ0) is 17.6. The van der Waals surface area contributed by atoms with Crippen molar-refractivity contribution in [3.63, 3.8) is 0 Å². The monoisotopic (exact) mass is 340 g/mol. The van der Waals surface area contributed by atoms with Crippen molar-refractivity contribution in [1.82, 2.24) is 5.32 Å². The molecule has 0 aromatic heterocycles. The van der Waals surface area contributed by atoms with E-state index in [1.54, 1.807) is 24.3 Å². The number of rotatable bonds is 6. The van der Waals surface area contributed by atoms with Crippen molar-refractivity contribution in [3.05, 3.63) is 53.6 Å². The third kappa shape index (κ3) is 4.73. The molecule has 2 aromatic carbocycles. The maximum absolute atomic E-state index is 11.9. The first-order valence-corrected chi connectivity index (χ1v) is 8.20. The summed E-state index contributed by atoms with van der Waals surface area (Å²) >= 11 is 0. The number of amides is 2. The zero-order valence-electron chi connectivity index (χ0n) is 13.7. The molecule has 0 fully saturated rings. The smallest absolute Gasteiger partial charge is 0.257 e. The van der Waals surface area contributed by atoms with Gasteiger partial charge in [0.05, 0.1) is 0 Å². The van der Waals surface area contributed by atoms with Crippen LogP contribution in [0.1, 0.15) is 17.5 Å². The molecule has 3 rings (SSSR count). The number of aromatic hydroxyl groups is 1. The number of hydrogen-bond donors (Lipinski definition) is 3. The number of carbonyl (C=O) groups excluding carboxylic acids is 2. The van der Waals surface area contributed by atoms with Crippen LogP contribution in [0.25, 0.3) is 0 Å². The molecule has 3 N–H and O–H groups in total. The number of benzene rings is 2. The summed E-state index contributed by atoms with van der Waals surface area (Å²) < 4.78 is 5.49. The summed E-state index contributed by atoms with van der Waals surface area (Å²) in [5.74, 6) is 0.564. The molecular formula is C19H20N2O4. The number of phenolic OH excluding ortho intramolecular Hbond substituents is 1. The summed E-state index contributed by atoms with van der Waals surface area (Å²) in [6.07, 6.45) is 1.90. The second-order valence-corrected chi connectivity index (χ2v) is 5.92. The third-order valence-electron chi connectivity index (χ3n) is 4.02. The Morgan fingerprint density at radius 2 is 1.96 bits per heavy atom. The van der Waals surface area contributed by atoms with Gasteiger partial charge in [0, 0.05) is 24.7 Å². The number of fused-ring (bicyclic) bond motifs is 1. The zero-order valence-corrected chi connectivity index (χ0v) is 13.7. The van der Waals surface area contributed by atoms with Crippen molar-refractivity contribution < 1.29 is 19.4 Å². The molecule has 0 unspecified atom stereocenters. The van der Waals surface area contributed by atoms with E-state index in [9.17, 15) is 14.7 Å². The molecule has 6 heteroatoms. The molecule has 25 heavy (non-hydrogen) atoms. The van der Waals surface area contributed by atoms with Gasteiger partial charge in [-0.25, -0.2) is 0 Å². The molecule has 1 heterocycles. The Hall–Kier alpha value is -3.02. The highest BCUT2D eigenvalue weighted by Gasteiger charge is 2.15. The normalized spacial score (nSPS) is 12.9. The number of ether oxygens (including phenoxy) is 1. The summed E-state index contributed by atoms with van der Waals surface area (Å²) in [4.78, 5) is 23.3. The van der Waals surface area contributed by atoms with Crippen LogP contribution in [0.5, 0.6) is 11.5 Å². The average molecular weight is 340 g/mol. The summed E-state index contributed by atoms with van der Waals surface area (Å²) in [6, 6.07) is 12.3. The Kier molecular flexibility index (Phi) is 5.18. The molecule has 0 saturated heterocycles. The highest BCUT2D eigenvalue weighted by molar-refractivity contribution is 5.94. The van der Waals surface area contributed by atoms with E-state index >= 15 is 0 Å². The minimum atomic E-state index is -0.208. The van der Waals surface area contributed by atoms with E-state index in [0.29, 0.717) is 25.1 Å². The van der Waals surface area contributed by atoms with E-state index < -0.39 is 0 Å². The van der Waals surface area contributed by atoms with Crippen LogP contribution in [0.3, 0.4) is 0 Å². The first kappa shape index (κ1) is 16.8. The first-order valence-electron chi connectivity index (χ1n) is 8.20. The molecule has 6 nitrogen and oxygen atoms in total. The molecule has 130 valence electrons. The molecular weight excluding hydrogens is 320 g/mol. The van der Waals surface area contributed by atoms with Crippen molar-refractivity contribution >= 4 is 17.5 Å². The molecule has 0 saturated carbocycles. The molecule has 1 aliphatic rings. The van der Waals surface area contributed by atoms with Gasteiger partial charge in [0.2, 0.25) is 5.91 Å². The van der Waals surface area contributed by atoms with Gasteiger partial charge in [0.25, 0.3) is 5.91 Å². The van der Waals surface area contributed by atoms with Crippen LogP contribution in [0.15, 0.2) is 42.5 Å². The first-order chi connectivity index (χ1) is 12.1. The topological polar surface area (TPSA) is 87.7 Å². The van der Waals surface area contributed by atoms with Crippen LogP contribution in [0.2, 0.25) is 0 Å². The Balaban J connectivity index is 1.43. The largest absolute Gasteiger partial charge is 0.508 e. The van der Waals surface area contributed by atoms with E-state index in [2.05, 4.69) is 10.6 Å². The minimum Gasteiger partial charge on any atom is -0.508 e. The predicted octanol–water partition coefficient (Wildman–Crippen LogP) is 2.01. The lowest BCUT2D eigenvalue weighted by Gasteiger charge is -2.17. The average Bonchev–Trinajstić information content (AvgIpc) is 2.61. The van der Waals surface area contributed by atoms with Crippen molar-refractivity contribution in [3.8, 4) is 11.5 Å². The fraction of sp³-hybridized carbons (Fsp3) is 0.263. The summed E-state index contributed by atoms with van der Waals surface area (Å²) in [7, 11) is 0. The molecule has 0 atom stereocenters. The fourth-order valence-electron chi connectivity index (χ4n) is 2.65. The lowest BCUT2D eigenvalue weighted by atomic mass is 10.0. The highest BCUT2D eigenvalue weighted by atomic mass is 16.5. The van der Waals surface area contributed by atoms with Gasteiger partial charge in [-0.1, -0.05) is 18.2 Å². The van der Waals surface area contributed by atoms with Gasteiger partial charge < -0.3 is 20.5 Å². The fourth-order valence-corrected chi connectivity index (χ4v) is 2.65. The van der Waals surface area contributed by atoms with E-state index in [1.165, 1.54) is 0 Å². The van der Waals surface area contributed by atoms with Crippen LogP contribution >= 0.6 is 0 Å². The van der Waals surface area contributed by atoms with Gasteiger partial charge in [-0.05, 0) is 42.2 Å². The second kappa shape index (κ2) is 7.70. The predicted molar refractivity (Wildman–Crippen MR) is 93.7 cm³/mol. The van der Waals surface area contributed by atoms with Crippen molar-refractivity contribution in [2.75, 3.05) is 18.5 Å². The number of aryl methyl sites for hydroxylation is 1.